The van der Waals surface area contributed by atoms with E-state index in [0.717, 1.165) is 12.3 Å². The van der Waals surface area contributed by atoms with Gasteiger partial charge in [0.05, 0.1) is 9.40 Å². The second kappa shape index (κ2) is 4.08. The highest BCUT2D eigenvalue weighted by Gasteiger charge is 2.63. The summed E-state index contributed by atoms with van der Waals surface area (Å²) < 4.78 is 38.3. The zero-order valence-corrected chi connectivity index (χ0v) is 10.4. The van der Waals surface area contributed by atoms with Crippen molar-refractivity contribution in [3.8, 4) is 0 Å². The normalized spacial score (nSPS) is 17.3. The Balaban J connectivity index is 2.24. The lowest BCUT2D eigenvalue weighted by molar-refractivity contribution is -0.385. The molecule has 1 aliphatic carbocycles. The highest BCUT2D eigenvalue weighted by Crippen LogP contribution is 2.51. The minimum absolute atomic E-state index is 0.0262. The zero-order valence-electron chi connectivity index (χ0n) is 8.79. The molecule has 0 radical (unpaired) electrons. The van der Waals surface area contributed by atoms with Crippen LogP contribution < -0.4 is 5.32 Å². The summed E-state index contributed by atoms with van der Waals surface area (Å²) in [5.41, 5.74) is -2.23. The Morgan fingerprint density at radius 1 is 1.50 bits per heavy atom. The number of rotatable bonds is 3. The molecular formula is C9H7BrF3N3O2. The number of nitrogens with one attached hydrogen (secondary N) is 1. The fourth-order valence-electron chi connectivity index (χ4n) is 1.45. The third-order valence-electron chi connectivity index (χ3n) is 2.69. The van der Waals surface area contributed by atoms with Crippen LogP contribution >= 0.6 is 15.9 Å². The van der Waals surface area contributed by atoms with E-state index in [9.17, 15) is 23.3 Å². The van der Waals surface area contributed by atoms with Crippen LogP contribution in [0.15, 0.2) is 16.7 Å². The first-order valence-corrected chi connectivity index (χ1v) is 5.69. The maximum atomic E-state index is 12.7. The summed E-state index contributed by atoms with van der Waals surface area (Å²) in [5.74, 6) is -0.0459. The van der Waals surface area contributed by atoms with Gasteiger partial charge in [-0.25, -0.2) is 4.98 Å². The van der Waals surface area contributed by atoms with Crippen molar-refractivity contribution in [2.24, 2.45) is 0 Å². The number of hydrogen-bond donors (Lipinski definition) is 1. The van der Waals surface area contributed by atoms with E-state index in [2.05, 4.69) is 26.2 Å². The van der Waals surface area contributed by atoms with Crippen LogP contribution in [0.25, 0.3) is 0 Å². The molecule has 0 atom stereocenters. The van der Waals surface area contributed by atoms with Crippen molar-refractivity contribution in [3.05, 3.63) is 26.9 Å². The quantitative estimate of drug-likeness (QED) is 0.684. The van der Waals surface area contributed by atoms with Crippen molar-refractivity contribution in [2.45, 2.75) is 24.6 Å². The van der Waals surface area contributed by atoms with Gasteiger partial charge in [0.15, 0.2) is 0 Å². The maximum Gasteiger partial charge on any atom is 0.411 e. The standard InChI is InChI=1S/C9H7BrF3N3O2/c10-6-3-5(16(17)18)4-14-7(6)15-8(1-2-8)9(11,12)13/h3-4H,1-2H2,(H,14,15). The summed E-state index contributed by atoms with van der Waals surface area (Å²) >= 11 is 2.97. The van der Waals surface area contributed by atoms with E-state index in [1.165, 1.54) is 0 Å². The molecule has 1 aliphatic rings. The van der Waals surface area contributed by atoms with E-state index in [1.54, 1.807) is 0 Å². The largest absolute Gasteiger partial charge is 0.411 e. The number of hydrogen-bond acceptors (Lipinski definition) is 4. The molecule has 5 nitrogen and oxygen atoms in total. The van der Waals surface area contributed by atoms with Gasteiger partial charge in [-0.05, 0) is 28.8 Å². The topological polar surface area (TPSA) is 68.1 Å². The van der Waals surface area contributed by atoms with Gasteiger partial charge in [-0.15, -0.1) is 0 Å². The minimum Gasteiger partial charge on any atom is -0.355 e. The first-order chi connectivity index (χ1) is 8.25. The zero-order chi connectivity index (χ0) is 13.6. The van der Waals surface area contributed by atoms with Gasteiger partial charge in [0, 0.05) is 6.07 Å². The Hall–Kier alpha value is -1.38. The Kier molecular flexibility index (Phi) is 2.96. The molecule has 1 fully saturated rings. The molecule has 0 aliphatic heterocycles. The SMILES string of the molecule is O=[N+]([O-])c1cnc(NC2(C(F)(F)F)CC2)c(Br)c1. The molecule has 2 rings (SSSR count). The van der Waals surface area contributed by atoms with Gasteiger partial charge < -0.3 is 5.32 Å². The maximum absolute atomic E-state index is 12.7. The van der Waals surface area contributed by atoms with Crippen molar-refractivity contribution in [2.75, 3.05) is 5.32 Å². The van der Waals surface area contributed by atoms with Gasteiger partial charge in [0.1, 0.15) is 17.6 Å². The summed E-state index contributed by atoms with van der Waals surface area (Å²) in [6, 6.07) is 1.11. The van der Waals surface area contributed by atoms with Crippen LogP contribution in [-0.4, -0.2) is 21.6 Å². The van der Waals surface area contributed by atoms with E-state index in [4.69, 9.17) is 0 Å². The predicted molar refractivity (Wildman–Crippen MR) is 60.2 cm³/mol. The molecule has 1 saturated carbocycles. The Morgan fingerprint density at radius 2 is 2.11 bits per heavy atom. The lowest BCUT2D eigenvalue weighted by Gasteiger charge is -2.21. The number of anilines is 1. The van der Waals surface area contributed by atoms with Gasteiger partial charge >= 0.3 is 6.18 Å². The molecule has 0 bridgehead atoms. The molecule has 0 aromatic carbocycles. The smallest absolute Gasteiger partial charge is 0.355 e. The van der Waals surface area contributed by atoms with E-state index in [0.29, 0.717) is 0 Å². The number of nitrogens with zero attached hydrogens (tertiary/aromatic N) is 2. The molecule has 9 heteroatoms. The highest BCUT2D eigenvalue weighted by atomic mass is 79.9. The third kappa shape index (κ3) is 2.26. The summed E-state index contributed by atoms with van der Waals surface area (Å²) in [5, 5.41) is 12.8. The number of halogens is 4. The minimum atomic E-state index is -4.37. The number of pyridine rings is 1. The van der Waals surface area contributed by atoms with Crippen LogP contribution in [0.4, 0.5) is 24.7 Å². The van der Waals surface area contributed by atoms with Crippen LogP contribution in [-0.2, 0) is 0 Å². The van der Waals surface area contributed by atoms with E-state index in [-0.39, 0.29) is 28.8 Å². The van der Waals surface area contributed by atoms with E-state index in [1.807, 2.05) is 0 Å². The summed E-state index contributed by atoms with van der Waals surface area (Å²) in [4.78, 5) is 13.4. The molecular weight excluding hydrogens is 319 g/mol. The monoisotopic (exact) mass is 325 g/mol. The van der Waals surface area contributed by atoms with Crippen LogP contribution in [0.2, 0.25) is 0 Å². The van der Waals surface area contributed by atoms with Crippen LogP contribution in [0.1, 0.15) is 12.8 Å². The van der Waals surface area contributed by atoms with E-state index < -0.39 is 16.6 Å². The average molecular weight is 326 g/mol. The van der Waals surface area contributed by atoms with Gasteiger partial charge in [-0.2, -0.15) is 13.2 Å². The van der Waals surface area contributed by atoms with Crippen LogP contribution in [0, 0.1) is 10.1 Å². The summed E-state index contributed by atoms with van der Waals surface area (Å²) in [6.45, 7) is 0. The molecule has 18 heavy (non-hydrogen) atoms. The average Bonchev–Trinajstić information content (AvgIpc) is 3.01. The fourth-order valence-corrected chi connectivity index (χ4v) is 1.89. The lowest BCUT2D eigenvalue weighted by atomic mass is 10.2. The first kappa shape index (κ1) is 13.1. The van der Waals surface area contributed by atoms with E-state index >= 15 is 0 Å². The van der Waals surface area contributed by atoms with Crippen LogP contribution in [0.5, 0.6) is 0 Å². The molecule has 1 aromatic rings. The van der Waals surface area contributed by atoms with Gasteiger partial charge in [-0.1, -0.05) is 0 Å². The molecule has 1 heterocycles. The van der Waals surface area contributed by atoms with Crippen molar-refractivity contribution in [3.63, 3.8) is 0 Å². The molecule has 0 saturated heterocycles. The number of alkyl halides is 3. The fraction of sp³-hybridized carbons (Fsp3) is 0.444. The van der Waals surface area contributed by atoms with Crippen LogP contribution in [0.3, 0.4) is 0 Å². The first-order valence-electron chi connectivity index (χ1n) is 4.90. The molecule has 1 N–H and O–H groups in total. The van der Waals surface area contributed by atoms with Gasteiger partial charge in [0.2, 0.25) is 0 Å². The molecule has 0 unspecified atom stereocenters. The Morgan fingerprint density at radius 3 is 2.50 bits per heavy atom. The predicted octanol–water partition coefficient (Wildman–Crippen LogP) is 3.26. The summed E-state index contributed by atoms with van der Waals surface area (Å²) in [7, 11) is 0. The molecule has 98 valence electrons. The van der Waals surface area contributed by atoms with Crippen molar-refractivity contribution in [1.82, 2.24) is 4.98 Å². The molecule has 0 spiro atoms. The van der Waals surface area contributed by atoms with Gasteiger partial charge in [-0.3, -0.25) is 10.1 Å². The van der Waals surface area contributed by atoms with Gasteiger partial charge in [0.25, 0.3) is 5.69 Å². The third-order valence-corrected chi connectivity index (χ3v) is 3.29. The molecule has 0 amide bonds. The highest BCUT2D eigenvalue weighted by molar-refractivity contribution is 9.10. The number of aromatic nitrogens is 1. The molecule has 1 aromatic heterocycles. The second-order valence-corrected chi connectivity index (χ2v) is 4.84. The Bertz CT molecular complexity index is 502. The number of nitro groups is 1. The summed E-state index contributed by atoms with van der Waals surface area (Å²) in [6.07, 6.45) is -3.50. The second-order valence-electron chi connectivity index (χ2n) is 3.99. The van der Waals surface area contributed by atoms with Crippen molar-refractivity contribution in [1.29, 1.82) is 0 Å². The lowest BCUT2D eigenvalue weighted by Crippen LogP contribution is -2.39. The Labute approximate surface area is 108 Å². The van der Waals surface area contributed by atoms with Crippen molar-refractivity contribution >= 4 is 27.4 Å². The van der Waals surface area contributed by atoms with Crippen molar-refractivity contribution < 1.29 is 18.1 Å².